The molecule has 1 aromatic carbocycles. The fourth-order valence-corrected chi connectivity index (χ4v) is 6.13. The van der Waals surface area contributed by atoms with Crippen LogP contribution in [0.5, 0.6) is 0 Å². The molecule has 1 saturated carbocycles. The molecule has 1 aliphatic carbocycles. The smallest absolute Gasteiger partial charge is 0.248 e. The van der Waals surface area contributed by atoms with Crippen molar-refractivity contribution in [1.29, 1.82) is 0 Å². The lowest BCUT2D eigenvalue weighted by Gasteiger charge is -2.32. The topological polar surface area (TPSA) is 92.5 Å². The number of aromatic nitrogens is 1. The summed E-state index contributed by atoms with van der Waals surface area (Å²) >= 11 is 6.00. The molecule has 2 fully saturated rings. The number of hydrogen-bond donors (Lipinski definition) is 1. The third-order valence-corrected chi connectivity index (χ3v) is 8.30. The predicted molar refractivity (Wildman–Crippen MR) is 113 cm³/mol. The van der Waals surface area contributed by atoms with Crippen LogP contribution in [0.15, 0.2) is 33.7 Å². The highest BCUT2D eigenvalue weighted by molar-refractivity contribution is 7.89. The first-order valence-electron chi connectivity index (χ1n) is 10.3. The van der Waals surface area contributed by atoms with Gasteiger partial charge in [0.15, 0.2) is 5.76 Å². The number of rotatable bonds is 6. The summed E-state index contributed by atoms with van der Waals surface area (Å²) in [4.78, 5) is 13.2. The molecular weight excluding hydrogens is 426 g/mol. The van der Waals surface area contributed by atoms with Crippen LogP contribution in [-0.2, 0) is 14.8 Å². The average Bonchev–Trinajstić information content (AvgIpc) is 3.50. The largest absolute Gasteiger partial charge is 0.360 e. The number of amides is 1. The highest BCUT2D eigenvalue weighted by Crippen LogP contribution is 2.41. The molecule has 2 aromatic rings. The van der Waals surface area contributed by atoms with Crippen molar-refractivity contribution in [3.05, 3.63) is 46.3 Å². The van der Waals surface area contributed by atoms with Gasteiger partial charge in [0.05, 0.1) is 12.0 Å². The summed E-state index contributed by atoms with van der Waals surface area (Å²) in [6.07, 6.45) is 3.45. The van der Waals surface area contributed by atoms with Gasteiger partial charge in [-0.25, -0.2) is 8.42 Å². The van der Waals surface area contributed by atoms with Gasteiger partial charge in [-0.15, -0.1) is 0 Å². The van der Waals surface area contributed by atoms with Crippen molar-refractivity contribution < 1.29 is 17.7 Å². The van der Waals surface area contributed by atoms with Gasteiger partial charge in [-0.05, 0) is 63.1 Å². The molecule has 2 aliphatic rings. The van der Waals surface area contributed by atoms with Crippen molar-refractivity contribution in [2.75, 3.05) is 13.1 Å². The molecule has 2 heterocycles. The molecule has 1 amide bonds. The van der Waals surface area contributed by atoms with Crippen LogP contribution in [0, 0.1) is 25.7 Å². The number of piperidine rings is 1. The molecule has 1 saturated heterocycles. The number of halogens is 1. The number of carbonyl (C=O) groups is 1. The highest BCUT2D eigenvalue weighted by Gasteiger charge is 2.39. The second kappa shape index (κ2) is 8.32. The molecule has 30 heavy (non-hydrogen) atoms. The Hall–Kier alpha value is -1.90. The molecular formula is C21H26ClN3O4S. The van der Waals surface area contributed by atoms with Gasteiger partial charge in [0.2, 0.25) is 15.9 Å². The van der Waals surface area contributed by atoms with Crippen molar-refractivity contribution in [2.24, 2.45) is 11.8 Å². The van der Waals surface area contributed by atoms with Crippen molar-refractivity contribution >= 4 is 27.5 Å². The molecule has 0 bridgehead atoms. The molecule has 2 unspecified atom stereocenters. The Morgan fingerprint density at radius 3 is 2.53 bits per heavy atom. The van der Waals surface area contributed by atoms with E-state index in [0.29, 0.717) is 36.0 Å². The summed E-state index contributed by atoms with van der Waals surface area (Å²) < 4.78 is 32.7. The maximum absolute atomic E-state index is 13.1. The summed E-state index contributed by atoms with van der Waals surface area (Å²) in [5.41, 5.74) is 1.38. The predicted octanol–water partition coefficient (Wildman–Crippen LogP) is 3.61. The number of carbonyl (C=O) groups excluding carboxylic acids is 1. The number of hydrogen-bond acceptors (Lipinski definition) is 5. The lowest BCUT2D eigenvalue weighted by atomic mass is 9.96. The summed E-state index contributed by atoms with van der Waals surface area (Å²) in [5, 5.41) is 7.61. The Morgan fingerprint density at radius 1 is 1.23 bits per heavy atom. The quantitative estimate of drug-likeness (QED) is 0.724. The van der Waals surface area contributed by atoms with E-state index < -0.39 is 10.0 Å². The molecule has 1 N–H and O–H groups in total. The highest BCUT2D eigenvalue weighted by atomic mass is 35.5. The molecule has 4 rings (SSSR count). The van der Waals surface area contributed by atoms with E-state index >= 15 is 0 Å². The van der Waals surface area contributed by atoms with E-state index in [0.717, 1.165) is 18.4 Å². The second-order valence-electron chi connectivity index (χ2n) is 8.23. The van der Waals surface area contributed by atoms with Gasteiger partial charge >= 0.3 is 0 Å². The molecule has 1 aliphatic heterocycles. The Balaban J connectivity index is 1.49. The van der Waals surface area contributed by atoms with Gasteiger partial charge in [-0.1, -0.05) is 28.9 Å². The lowest BCUT2D eigenvalue weighted by Crippen LogP contribution is -2.46. The molecule has 1 aromatic heterocycles. The van der Waals surface area contributed by atoms with Crippen LogP contribution in [0.2, 0.25) is 5.02 Å². The SMILES string of the molecule is Cc1noc(C)c1S(=O)(=O)N1CCCC(C(=O)NC(c2ccc(Cl)cc2)C2CC2)C1. The molecule has 9 heteroatoms. The Bertz CT molecular complexity index is 1010. The fourth-order valence-electron chi connectivity index (χ4n) is 4.19. The van der Waals surface area contributed by atoms with Crippen LogP contribution in [0.4, 0.5) is 0 Å². The maximum atomic E-state index is 13.1. The van der Waals surface area contributed by atoms with Crippen molar-refractivity contribution in [2.45, 2.75) is 50.5 Å². The van der Waals surface area contributed by atoms with Crippen LogP contribution in [-0.4, -0.2) is 36.9 Å². The first-order chi connectivity index (χ1) is 14.3. The standard InChI is InChI=1S/C21H26ClN3O4S/c1-13-20(14(2)29-24-13)30(27,28)25-11-3-4-17(12-25)21(26)23-19(15-5-6-15)16-7-9-18(22)10-8-16/h7-10,15,17,19H,3-6,11-12H2,1-2H3,(H,23,26). The minimum atomic E-state index is -3.75. The zero-order valence-corrected chi connectivity index (χ0v) is 18.7. The van der Waals surface area contributed by atoms with E-state index in [2.05, 4.69) is 10.5 Å². The summed E-state index contributed by atoms with van der Waals surface area (Å²) in [6, 6.07) is 7.49. The Labute approximate surface area is 181 Å². The molecule has 0 spiro atoms. The van der Waals surface area contributed by atoms with Crippen LogP contribution < -0.4 is 5.32 Å². The normalized spacial score (nSPS) is 21.4. The zero-order valence-electron chi connectivity index (χ0n) is 17.1. The van der Waals surface area contributed by atoms with E-state index in [1.165, 1.54) is 4.31 Å². The number of nitrogens with one attached hydrogen (secondary N) is 1. The molecule has 7 nitrogen and oxygen atoms in total. The summed E-state index contributed by atoms with van der Waals surface area (Å²) in [6.45, 7) is 3.76. The first kappa shape index (κ1) is 21.3. The Morgan fingerprint density at radius 2 is 1.93 bits per heavy atom. The van der Waals surface area contributed by atoms with E-state index in [1.54, 1.807) is 13.8 Å². The van der Waals surface area contributed by atoms with E-state index in [9.17, 15) is 13.2 Å². The van der Waals surface area contributed by atoms with Gasteiger partial charge in [0.1, 0.15) is 10.6 Å². The van der Waals surface area contributed by atoms with Crippen LogP contribution in [0.25, 0.3) is 0 Å². The maximum Gasteiger partial charge on any atom is 0.248 e. The molecule has 0 radical (unpaired) electrons. The van der Waals surface area contributed by atoms with Gasteiger partial charge in [-0.3, -0.25) is 4.79 Å². The second-order valence-corrected chi connectivity index (χ2v) is 10.5. The van der Waals surface area contributed by atoms with Crippen LogP contribution in [0.1, 0.15) is 48.7 Å². The minimum absolute atomic E-state index is 0.0655. The van der Waals surface area contributed by atoms with Gasteiger partial charge in [-0.2, -0.15) is 4.31 Å². The van der Waals surface area contributed by atoms with Crippen LogP contribution in [0.3, 0.4) is 0 Å². The van der Waals surface area contributed by atoms with E-state index in [-0.39, 0.29) is 35.1 Å². The number of sulfonamides is 1. The lowest BCUT2D eigenvalue weighted by molar-refractivity contribution is -0.127. The zero-order chi connectivity index (χ0) is 21.5. The minimum Gasteiger partial charge on any atom is -0.360 e. The van der Waals surface area contributed by atoms with Crippen LogP contribution >= 0.6 is 11.6 Å². The fraction of sp³-hybridized carbons (Fsp3) is 0.524. The number of nitrogens with zero attached hydrogens (tertiary/aromatic N) is 2. The third kappa shape index (κ3) is 4.26. The first-order valence-corrected chi connectivity index (χ1v) is 12.1. The third-order valence-electron chi connectivity index (χ3n) is 5.94. The monoisotopic (exact) mass is 451 g/mol. The van der Waals surface area contributed by atoms with Gasteiger partial charge < -0.3 is 9.84 Å². The van der Waals surface area contributed by atoms with Crippen molar-refractivity contribution in [3.63, 3.8) is 0 Å². The Kier molecular flexibility index (Phi) is 5.92. The number of aryl methyl sites for hydroxylation is 2. The van der Waals surface area contributed by atoms with Gasteiger partial charge in [0, 0.05) is 18.1 Å². The molecule has 162 valence electrons. The van der Waals surface area contributed by atoms with E-state index in [1.807, 2.05) is 24.3 Å². The van der Waals surface area contributed by atoms with Crippen molar-refractivity contribution in [1.82, 2.24) is 14.8 Å². The van der Waals surface area contributed by atoms with Gasteiger partial charge in [0.25, 0.3) is 0 Å². The number of benzene rings is 1. The summed E-state index contributed by atoms with van der Waals surface area (Å²) in [7, 11) is -3.75. The molecule has 2 atom stereocenters. The van der Waals surface area contributed by atoms with E-state index in [4.69, 9.17) is 16.1 Å². The summed E-state index contributed by atoms with van der Waals surface area (Å²) in [5.74, 6) is 0.208. The van der Waals surface area contributed by atoms with Crippen molar-refractivity contribution in [3.8, 4) is 0 Å². The average molecular weight is 452 g/mol.